The fraction of sp³-hybridized carbons (Fsp3) is 0.812. The van der Waals surface area contributed by atoms with E-state index in [0.29, 0.717) is 6.61 Å². The molecule has 0 aliphatic rings. The van der Waals surface area contributed by atoms with Crippen molar-refractivity contribution in [1.29, 1.82) is 0 Å². The SMILES string of the molecule is CCCCOC(=O)C(C)=CC(C)(C)CC(C)(C)C. The third-order valence-electron chi connectivity index (χ3n) is 2.65. The van der Waals surface area contributed by atoms with Crippen LogP contribution in [0.15, 0.2) is 11.6 Å². The average molecular weight is 254 g/mol. The van der Waals surface area contributed by atoms with Gasteiger partial charge in [0.25, 0.3) is 0 Å². The van der Waals surface area contributed by atoms with Crippen LogP contribution in [0.25, 0.3) is 0 Å². The predicted molar refractivity (Wildman–Crippen MR) is 77.5 cm³/mol. The van der Waals surface area contributed by atoms with Gasteiger partial charge in [-0.15, -0.1) is 0 Å². The number of hydrogen-bond acceptors (Lipinski definition) is 2. The van der Waals surface area contributed by atoms with Crippen LogP contribution in [0.5, 0.6) is 0 Å². The molecule has 0 saturated carbocycles. The summed E-state index contributed by atoms with van der Waals surface area (Å²) in [6, 6.07) is 0. The summed E-state index contributed by atoms with van der Waals surface area (Å²) in [6.45, 7) is 15.5. The monoisotopic (exact) mass is 254 g/mol. The number of hydrogen-bond donors (Lipinski definition) is 0. The number of unbranched alkanes of at least 4 members (excludes halogenated alkanes) is 1. The van der Waals surface area contributed by atoms with Crippen molar-refractivity contribution in [1.82, 2.24) is 0 Å². The lowest BCUT2D eigenvalue weighted by Crippen LogP contribution is -2.20. The molecule has 0 radical (unpaired) electrons. The van der Waals surface area contributed by atoms with Crippen LogP contribution >= 0.6 is 0 Å². The Labute approximate surface area is 113 Å². The minimum Gasteiger partial charge on any atom is -0.462 e. The topological polar surface area (TPSA) is 26.3 Å². The fourth-order valence-electron chi connectivity index (χ4n) is 2.49. The number of rotatable bonds is 6. The normalized spacial score (nSPS) is 13.6. The van der Waals surface area contributed by atoms with Gasteiger partial charge >= 0.3 is 5.97 Å². The molecule has 0 aromatic carbocycles. The van der Waals surface area contributed by atoms with Gasteiger partial charge in [-0.1, -0.05) is 54.0 Å². The van der Waals surface area contributed by atoms with E-state index >= 15 is 0 Å². The maximum Gasteiger partial charge on any atom is 0.333 e. The van der Waals surface area contributed by atoms with E-state index in [9.17, 15) is 4.79 Å². The molecule has 0 aromatic heterocycles. The maximum absolute atomic E-state index is 11.8. The Morgan fingerprint density at radius 3 is 2.17 bits per heavy atom. The van der Waals surface area contributed by atoms with Crippen molar-refractivity contribution >= 4 is 5.97 Å². The van der Waals surface area contributed by atoms with E-state index in [1.165, 1.54) is 0 Å². The number of allylic oxidation sites excluding steroid dienone is 1. The summed E-state index contributed by atoms with van der Waals surface area (Å²) in [7, 11) is 0. The van der Waals surface area contributed by atoms with Crippen LogP contribution in [0.2, 0.25) is 0 Å². The Kier molecular flexibility index (Phi) is 6.66. The first-order valence-corrected chi connectivity index (χ1v) is 6.94. The quantitative estimate of drug-likeness (QED) is 0.389. The Bertz CT molecular complexity index is 293. The zero-order valence-corrected chi connectivity index (χ0v) is 13.2. The number of esters is 1. The lowest BCUT2D eigenvalue weighted by molar-refractivity contribution is -0.139. The first-order valence-electron chi connectivity index (χ1n) is 6.94. The molecular formula is C16H30O2. The van der Waals surface area contributed by atoms with Gasteiger partial charge in [-0.3, -0.25) is 0 Å². The van der Waals surface area contributed by atoms with Crippen molar-refractivity contribution in [2.24, 2.45) is 10.8 Å². The van der Waals surface area contributed by atoms with Crippen LogP contribution in [-0.2, 0) is 9.53 Å². The molecule has 0 aromatic rings. The Hall–Kier alpha value is -0.790. The molecule has 0 heterocycles. The van der Waals surface area contributed by atoms with Gasteiger partial charge in [-0.05, 0) is 30.6 Å². The van der Waals surface area contributed by atoms with E-state index in [2.05, 4.69) is 41.5 Å². The van der Waals surface area contributed by atoms with Crippen LogP contribution in [-0.4, -0.2) is 12.6 Å². The maximum atomic E-state index is 11.8. The van der Waals surface area contributed by atoms with Crippen LogP contribution in [0.4, 0.5) is 0 Å². The van der Waals surface area contributed by atoms with Gasteiger partial charge in [0, 0.05) is 5.57 Å². The molecule has 0 bridgehead atoms. The molecule has 0 atom stereocenters. The molecule has 0 rings (SSSR count). The van der Waals surface area contributed by atoms with Gasteiger partial charge in [-0.2, -0.15) is 0 Å². The highest BCUT2D eigenvalue weighted by molar-refractivity contribution is 5.87. The van der Waals surface area contributed by atoms with Gasteiger partial charge in [0.1, 0.15) is 0 Å². The lowest BCUT2D eigenvalue weighted by Gasteiger charge is -2.30. The highest BCUT2D eigenvalue weighted by Gasteiger charge is 2.24. The summed E-state index contributed by atoms with van der Waals surface area (Å²) < 4.78 is 5.21. The minimum atomic E-state index is -0.176. The molecule has 0 aliphatic carbocycles. The third kappa shape index (κ3) is 8.32. The largest absolute Gasteiger partial charge is 0.462 e. The van der Waals surface area contributed by atoms with Crippen molar-refractivity contribution in [3.8, 4) is 0 Å². The Morgan fingerprint density at radius 2 is 1.72 bits per heavy atom. The summed E-state index contributed by atoms with van der Waals surface area (Å²) in [4.78, 5) is 11.8. The number of carbonyl (C=O) groups excluding carboxylic acids is 1. The average Bonchev–Trinajstić information content (AvgIpc) is 2.12. The van der Waals surface area contributed by atoms with Crippen LogP contribution < -0.4 is 0 Å². The zero-order chi connectivity index (χ0) is 14.4. The molecule has 18 heavy (non-hydrogen) atoms. The Morgan fingerprint density at radius 1 is 1.17 bits per heavy atom. The smallest absolute Gasteiger partial charge is 0.333 e. The first-order chi connectivity index (χ1) is 8.07. The predicted octanol–water partition coefficient (Wildman–Crippen LogP) is 4.74. The molecular weight excluding hydrogens is 224 g/mol. The molecule has 0 fully saturated rings. The highest BCUT2D eigenvalue weighted by atomic mass is 16.5. The molecule has 0 aliphatic heterocycles. The van der Waals surface area contributed by atoms with Crippen molar-refractivity contribution in [3.05, 3.63) is 11.6 Å². The van der Waals surface area contributed by atoms with E-state index in [-0.39, 0.29) is 16.8 Å². The first kappa shape index (κ1) is 17.2. The summed E-state index contributed by atoms with van der Waals surface area (Å²) in [5.74, 6) is -0.176. The summed E-state index contributed by atoms with van der Waals surface area (Å²) >= 11 is 0. The van der Waals surface area contributed by atoms with Gasteiger partial charge < -0.3 is 4.74 Å². The second-order valence-electron chi connectivity index (χ2n) is 7.04. The van der Waals surface area contributed by atoms with E-state index in [0.717, 1.165) is 24.8 Å². The van der Waals surface area contributed by atoms with Crippen molar-refractivity contribution in [3.63, 3.8) is 0 Å². The second kappa shape index (κ2) is 6.96. The minimum absolute atomic E-state index is 0.0200. The van der Waals surface area contributed by atoms with Gasteiger partial charge in [-0.25, -0.2) is 4.79 Å². The van der Waals surface area contributed by atoms with E-state index in [4.69, 9.17) is 4.74 Å². The van der Waals surface area contributed by atoms with Gasteiger partial charge in [0.05, 0.1) is 6.61 Å². The second-order valence-corrected chi connectivity index (χ2v) is 7.04. The van der Waals surface area contributed by atoms with Gasteiger partial charge in [0.2, 0.25) is 0 Å². The third-order valence-corrected chi connectivity index (χ3v) is 2.65. The zero-order valence-electron chi connectivity index (χ0n) is 13.2. The summed E-state index contributed by atoms with van der Waals surface area (Å²) in [6.07, 6.45) is 5.07. The molecule has 0 spiro atoms. The van der Waals surface area contributed by atoms with Crippen molar-refractivity contribution in [2.45, 2.75) is 67.7 Å². The lowest BCUT2D eigenvalue weighted by atomic mass is 9.75. The van der Waals surface area contributed by atoms with Crippen LogP contribution in [0.1, 0.15) is 67.7 Å². The summed E-state index contributed by atoms with van der Waals surface area (Å²) in [5.41, 5.74) is 0.999. The Balaban J connectivity index is 4.50. The molecule has 0 amide bonds. The van der Waals surface area contributed by atoms with Crippen molar-refractivity contribution in [2.75, 3.05) is 6.61 Å². The molecule has 0 saturated heterocycles. The standard InChI is InChI=1S/C16H30O2/c1-8-9-10-18-14(17)13(2)11-16(6,7)12-15(3,4)5/h11H,8-10,12H2,1-7H3. The number of ether oxygens (including phenoxy) is 1. The molecule has 106 valence electrons. The van der Waals surface area contributed by atoms with Gasteiger partial charge in [0.15, 0.2) is 0 Å². The van der Waals surface area contributed by atoms with E-state index in [1.54, 1.807) is 0 Å². The van der Waals surface area contributed by atoms with Crippen molar-refractivity contribution < 1.29 is 9.53 Å². The molecule has 0 N–H and O–H groups in total. The molecule has 2 heteroatoms. The highest BCUT2D eigenvalue weighted by Crippen LogP contribution is 2.34. The molecule has 0 unspecified atom stereocenters. The number of carbonyl (C=O) groups is 1. The molecule has 2 nitrogen and oxygen atoms in total. The van der Waals surface area contributed by atoms with E-state index in [1.807, 2.05) is 13.0 Å². The van der Waals surface area contributed by atoms with Crippen LogP contribution in [0.3, 0.4) is 0 Å². The van der Waals surface area contributed by atoms with E-state index < -0.39 is 0 Å². The van der Waals surface area contributed by atoms with Crippen LogP contribution in [0, 0.1) is 10.8 Å². The fourth-order valence-corrected chi connectivity index (χ4v) is 2.49. The summed E-state index contributed by atoms with van der Waals surface area (Å²) in [5, 5.41) is 0.